The van der Waals surface area contributed by atoms with E-state index in [1.54, 1.807) is 24.3 Å². The molecule has 28 heavy (non-hydrogen) atoms. The molecule has 7 nitrogen and oxygen atoms in total. The van der Waals surface area contributed by atoms with Crippen LogP contribution in [0.3, 0.4) is 0 Å². The molecule has 0 unspecified atom stereocenters. The number of hydrogen-bond donors (Lipinski definition) is 1. The fraction of sp³-hybridized carbons (Fsp3) is 0.400. The van der Waals surface area contributed by atoms with Gasteiger partial charge >= 0.3 is 0 Å². The Morgan fingerprint density at radius 2 is 1.75 bits per heavy atom. The molecule has 3 heterocycles. The van der Waals surface area contributed by atoms with Gasteiger partial charge in [0.25, 0.3) is 11.8 Å². The number of amides is 3. The van der Waals surface area contributed by atoms with E-state index >= 15 is 0 Å². The molecule has 0 bridgehead atoms. The van der Waals surface area contributed by atoms with E-state index in [9.17, 15) is 14.4 Å². The summed E-state index contributed by atoms with van der Waals surface area (Å²) in [5, 5.41) is 5.61. The Morgan fingerprint density at radius 3 is 2.43 bits per heavy atom. The first-order valence-corrected chi connectivity index (χ1v) is 10.4. The topological polar surface area (TPSA) is 82.6 Å². The first-order chi connectivity index (χ1) is 13.6. The molecule has 1 aromatic heterocycles. The van der Waals surface area contributed by atoms with Crippen molar-refractivity contribution in [1.82, 2.24) is 20.1 Å². The fourth-order valence-corrected chi connectivity index (χ4v) is 4.33. The highest BCUT2D eigenvalue weighted by Crippen LogP contribution is 2.22. The number of carbonyl (C=O) groups is 3. The number of benzene rings is 1. The second-order valence-corrected chi connectivity index (χ2v) is 8.03. The summed E-state index contributed by atoms with van der Waals surface area (Å²) in [6.45, 7) is 3.10. The lowest BCUT2D eigenvalue weighted by Gasteiger charge is -2.25. The van der Waals surface area contributed by atoms with E-state index in [4.69, 9.17) is 0 Å². The van der Waals surface area contributed by atoms with E-state index in [0.717, 1.165) is 35.2 Å². The van der Waals surface area contributed by atoms with Crippen LogP contribution in [0.1, 0.15) is 50.7 Å². The molecule has 1 aromatic carbocycles. The van der Waals surface area contributed by atoms with Crippen LogP contribution in [0.5, 0.6) is 0 Å². The van der Waals surface area contributed by atoms with Crippen LogP contribution < -0.4 is 5.32 Å². The highest BCUT2D eigenvalue weighted by atomic mass is 32.1. The zero-order chi connectivity index (χ0) is 19.5. The van der Waals surface area contributed by atoms with Crippen LogP contribution in [0.25, 0.3) is 0 Å². The third-order valence-corrected chi connectivity index (χ3v) is 5.95. The normalized spacial score (nSPS) is 17.1. The predicted octanol–water partition coefficient (Wildman–Crippen LogP) is 2.04. The molecule has 8 heteroatoms. The number of imide groups is 1. The average Bonchev–Trinajstić information content (AvgIpc) is 3.26. The van der Waals surface area contributed by atoms with Gasteiger partial charge in [-0.3, -0.25) is 24.2 Å². The molecular weight excluding hydrogens is 376 g/mol. The summed E-state index contributed by atoms with van der Waals surface area (Å²) in [4.78, 5) is 44.9. The molecular formula is C20H22N4O3S. The van der Waals surface area contributed by atoms with Gasteiger partial charge in [-0.05, 0) is 38.1 Å². The largest absolute Gasteiger partial charge is 0.348 e. The number of nitrogens with zero attached hydrogens (tertiary/aromatic N) is 3. The highest BCUT2D eigenvalue weighted by molar-refractivity contribution is 7.09. The summed E-state index contributed by atoms with van der Waals surface area (Å²) in [6, 6.07) is 6.62. The van der Waals surface area contributed by atoms with Gasteiger partial charge in [0.15, 0.2) is 0 Å². The predicted molar refractivity (Wildman–Crippen MR) is 105 cm³/mol. The Bertz CT molecular complexity index is 869. The average molecular weight is 398 g/mol. The molecule has 4 rings (SSSR count). The second-order valence-electron chi connectivity index (χ2n) is 7.09. The van der Waals surface area contributed by atoms with Gasteiger partial charge in [0, 0.05) is 11.9 Å². The lowest BCUT2D eigenvalue weighted by molar-refractivity contribution is -0.121. The van der Waals surface area contributed by atoms with Crippen molar-refractivity contribution in [1.29, 1.82) is 0 Å². The SMILES string of the molecule is O=C(CN1C(=O)c2ccccc2C1=O)NCc1nc(CN2CCCCC2)cs1. The van der Waals surface area contributed by atoms with Gasteiger partial charge in [-0.25, -0.2) is 4.98 Å². The molecule has 3 amide bonds. The third kappa shape index (κ3) is 3.98. The summed E-state index contributed by atoms with van der Waals surface area (Å²) in [7, 11) is 0. The molecule has 0 aliphatic carbocycles. The smallest absolute Gasteiger partial charge is 0.262 e. The molecule has 0 radical (unpaired) electrons. The van der Waals surface area contributed by atoms with Gasteiger partial charge in [0.1, 0.15) is 11.6 Å². The van der Waals surface area contributed by atoms with Crippen LogP contribution >= 0.6 is 11.3 Å². The van der Waals surface area contributed by atoms with E-state index in [-0.39, 0.29) is 12.5 Å². The molecule has 1 fully saturated rings. The van der Waals surface area contributed by atoms with Crippen LogP contribution in [0.4, 0.5) is 0 Å². The molecule has 0 spiro atoms. The number of hydrogen-bond acceptors (Lipinski definition) is 6. The van der Waals surface area contributed by atoms with Gasteiger partial charge in [-0.2, -0.15) is 0 Å². The van der Waals surface area contributed by atoms with Crippen LogP contribution in [-0.2, 0) is 17.9 Å². The van der Waals surface area contributed by atoms with Crippen LogP contribution in [0.2, 0.25) is 0 Å². The van der Waals surface area contributed by atoms with Gasteiger partial charge in [-0.1, -0.05) is 18.6 Å². The van der Waals surface area contributed by atoms with Crippen molar-refractivity contribution in [2.75, 3.05) is 19.6 Å². The Kier molecular flexibility index (Phi) is 5.50. The summed E-state index contributed by atoms with van der Waals surface area (Å²) >= 11 is 1.51. The summed E-state index contributed by atoms with van der Waals surface area (Å²) < 4.78 is 0. The molecule has 0 saturated carbocycles. The fourth-order valence-electron chi connectivity index (χ4n) is 3.61. The van der Waals surface area contributed by atoms with Crippen LogP contribution in [0.15, 0.2) is 29.6 Å². The first kappa shape index (κ1) is 18.8. The highest BCUT2D eigenvalue weighted by Gasteiger charge is 2.36. The molecule has 2 aliphatic heterocycles. The van der Waals surface area contributed by atoms with E-state index in [1.165, 1.54) is 30.6 Å². The number of likely N-dealkylation sites (tertiary alicyclic amines) is 1. The number of carbonyl (C=O) groups excluding carboxylic acids is 3. The van der Waals surface area contributed by atoms with Crippen LogP contribution in [0, 0.1) is 0 Å². The maximum absolute atomic E-state index is 12.3. The lowest BCUT2D eigenvalue weighted by atomic mass is 10.1. The molecule has 2 aliphatic rings. The Morgan fingerprint density at radius 1 is 1.07 bits per heavy atom. The number of fused-ring (bicyclic) bond motifs is 1. The van der Waals surface area contributed by atoms with E-state index in [1.807, 2.05) is 5.38 Å². The number of thiazole rings is 1. The van der Waals surface area contributed by atoms with Gasteiger partial charge in [0.2, 0.25) is 5.91 Å². The van der Waals surface area contributed by atoms with Crippen molar-refractivity contribution in [2.24, 2.45) is 0 Å². The third-order valence-electron chi connectivity index (χ3n) is 5.05. The lowest BCUT2D eigenvalue weighted by Crippen LogP contribution is -2.40. The monoisotopic (exact) mass is 398 g/mol. The number of aromatic nitrogens is 1. The van der Waals surface area contributed by atoms with Crippen LogP contribution in [-0.4, -0.2) is 52.1 Å². The summed E-state index contributed by atoms with van der Waals surface area (Å²) in [6.07, 6.45) is 3.79. The molecule has 1 saturated heterocycles. The van der Waals surface area contributed by atoms with Gasteiger partial charge in [0.05, 0.1) is 23.4 Å². The molecule has 2 aromatic rings. The maximum Gasteiger partial charge on any atom is 0.262 e. The molecule has 0 atom stereocenters. The second kappa shape index (κ2) is 8.20. The van der Waals surface area contributed by atoms with Crippen molar-refractivity contribution in [3.63, 3.8) is 0 Å². The van der Waals surface area contributed by atoms with E-state index in [2.05, 4.69) is 15.2 Å². The Labute approximate surface area is 167 Å². The minimum absolute atomic E-state index is 0.279. The summed E-state index contributed by atoms with van der Waals surface area (Å²) in [5.41, 5.74) is 1.72. The van der Waals surface area contributed by atoms with Gasteiger partial charge in [-0.15, -0.1) is 11.3 Å². The van der Waals surface area contributed by atoms with Crippen molar-refractivity contribution < 1.29 is 14.4 Å². The standard InChI is InChI=1S/C20H22N4O3S/c25-17(12-24-19(26)15-6-2-3-7-16(15)20(24)27)21-10-18-22-14(13-28-18)11-23-8-4-1-5-9-23/h2-3,6-7,13H,1,4-5,8-12H2,(H,21,25). The zero-order valence-electron chi connectivity index (χ0n) is 15.5. The molecule has 1 N–H and O–H groups in total. The zero-order valence-corrected chi connectivity index (χ0v) is 16.3. The number of piperidine rings is 1. The van der Waals surface area contributed by atoms with Crippen molar-refractivity contribution in [2.45, 2.75) is 32.4 Å². The van der Waals surface area contributed by atoms with Crippen molar-refractivity contribution >= 4 is 29.1 Å². The maximum atomic E-state index is 12.3. The Balaban J connectivity index is 1.28. The quantitative estimate of drug-likeness (QED) is 0.753. The Hall–Kier alpha value is -2.58. The van der Waals surface area contributed by atoms with Crippen molar-refractivity contribution in [3.8, 4) is 0 Å². The summed E-state index contributed by atoms with van der Waals surface area (Å²) in [5.74, 6) is -1.22. The first-order valence-electron chi connectivity index (χ1n) is 9.49. The van der Waals surface area contributed by atoms with E-state index < -0.39 is 11.8 Å². The number of nitrogens with one attached hydrogen (secondary N) is 1. The van der Waals surface area contributed by atoms with Crippen molar-refractivity contribution in [3.05, 3.63) is 51.5 Å². The number of rotatable bonds is 6. The van der Waals surface area contributed by atoms with E-state index in [0.29, 0.717) is 17.7 Å². The molecule has 146 valence electrons. The van der Waals surface area contributed by atoms with Gasteiger partial charge < -0.3 is 5.32 Å². The minimum Gasteiger partial charge on any atom is -0.348 e. The minimum atomic E-state index is -0.422.